The van der Waals surface area contributed by atoms with Gasteiger partial charge in [-0.25, -0.2) is 4.98 Å². The molecule has 5 heterocycles. The number of hydrogen-bond donors (Lipinski definition) is 1. The lowest BCUT2D eigenvalue weighted by molar-refractivity contribution is -0.139. The number of nitrogens with zero attached hydrogens (tertiary/aromatic N) is 5. The standard InChI is InChI=1S/C21H30N6O/c1-14-9-15(2)11-26(10-14)21(28)16-12-25(13-16)20-17-3-6-22-7-4-18(17)24-19-5-8-23-27(19)20/h5,8,14-16,22H,3-4,6-7,9-13H2,1-2H3/t14-,15+. The summed E-state index contributed by atoms with van der Waals surface area (Å²) in [5.41, 5.74) is 3.39. The third-order valence-corrected chi connectivity index (χ3v) is 6.49. The molecule has 3 aliphatic heterocycles. The van der Waals surface area contributed by atoms with E-state index >= 15 is 0 Å². The number of nitrogens with one attached hydrogen (secondary N) is 1. The van der Waals surface area contributed by atoms with Crippen LogP contribution in [-0.2, 0) is 17.6 Å². The SMILES string of the molecule is C[C@@H]1C[C@H](C)CN(C(=O)C2CN(c3c4c(nc5ccnn35)CCNCC4)C2)C1. The molecule has 1 N–H and O–H groups in total. The van der Waals surface area contributed by atoms with Crippen LogP contribution in [0.15, 0.2) is 12.3 Å². The third-order valence-electron chi connectivity index (χ3n) is 6.49. The second-order valence-electron chi connectivity index (χ2n) is 9.00. The summed E-state index contributed by atoms with van der Waals surface area (Å²) in [7, 11) is 0. The van der Waals surface area contributed by atoms with Crippen molar-refractivity contribution in [1.29, 1.82) is 0 Å². The van der Waals surface area contributed by atoms with Gasteiger partial charge in [0, 0.05) is 50.8 Å². The smallest absolute Gasteiger partial charge is 0.229 e. The van der Waals surface area contributed by atoms with E-state index in [2.05, 4.69) is 34.1 Å². The van der Waals surface area contributed by atoms with E-state index in [1.807, 2.05) is 16.8 Å². The zero-order valence-electron chi connectivity index (χ0n) is 16.9. The van der Waals surface area contributed by atoms with Crippen molar-refractivity contribution in [2.75, 3.05) is 44.2 Å². The van der Waals surface area contributed by atoms with Gasteiger partial charge in [0.1, 0.15) is 5.82 Å². The molecule has 2 fully saturated rings. The van der Waals surface area contributed by atoms with Gasteiger partial charge in [-0.3, -0.25) is 4.79 Å². The minimum atomic E-state index is 0.107. The average Bonchev–Trinajstić information content (AvgIpc) is 2.95. The number of aromatic nitrogens is 3. The van der Waals surface area contributed by atoms with Gasteiger partial charge in [0.05, 0.1) is 17.8 Å². The number of carbonyl (C=O) groups is 1. The molecular weight excluding hydrogens is 352 g/mol. The van der Waals surface area contributed by atoms with E-state index in [0.29, 0.717) is 17.7 Å². The second-order valence-corrected chi connectivity index (χ2v) is 9.00. The van der Waals surface area contributed by atoms with Crippen LogP contribution < -0.4 is 10.2 Å². The van der Waals surface area contributed by atoms with Crippen molar-refractivity contribution < 1.29 is 4.79 Å². The second kappa shape index (κ2) is 7.03. The normalized spacial score (nSPS) is 26.1. The number of amides is 1. The molecule has 0 radical (unpaired) electrons. The molecule has 28 heavy (non-hydrogen) atoms. The van der Waals surface area contributed by atoms with Crippen molar-refractivity contribution in [1.82, 2.24) is 24.8 Å². The lowest BCUT2D eigenvalue weighted by Crippen LogP contribution is -2.57. The molecular formula is C21H30N6O. The lowest BCUT2D eigenvalue weighted by Gasteiger charge is -2.44. The molecule has 0 saturated carbocycles. The number of piperidine rings is 1. The maximum Gasteiger partial charge on any atom is 0.229 e. The molecule has 2 aromatic rings. The van der Waals surface area contributed by atoms with E-state index in [1.54, 1.807) is 0 Å². The Labute approximate surface area is 166 Å². The van der Waals surface area contributed by atoms with Crippen LogP contribution in [-0.4, -0.2) is 64.7 Å². The topological polar surface area (TPSA) is 65.8 Å². The zero-order chi connectivity index (χ0) is 19.3. The predicted molar refractivity (Wildman–Crippen MR) is 108 cm³/mol. The molecule has 3 aliphatic rings. The summed E-state index contributed by atoms with van der Waals surface area (Å²) in [5, 5.41) is 8.01. The molecule has 0 spiro atoms. The van der Waals surface area contributed by atoms with Crippen LogP contribution in [0.3, 0.4) is 0 Å². The maximum absolute atomic E-state index is 13.1. The Morgan fingerprint density at radius 3 is 2.64 bits per heavy atom. The Morgan fingerprint density at radius 1 is 1.11 bits per heavy atom. The van der Waals surface area contributed by atoms with Crippen LogP contribution in [0.1, 0.15) is 31.5 Å². The molecule has 7 nitrogen and oxygen atoms in total. The Balaban J connectivity index is 1.37. The Bertz CT molecular complexity index is 876. The van der Waals surface area contributed by atoms with Crippen molar-refractivity contribution >= 4 is 17.4 Å². The van der Waals surface area contributed by atoms with Crippen molar-refractivity contribution in [2.24, 2.45) is 17.8 Å². The summed E-state index contributed by atoms with van der Waals surface area (Å²) in [6, 6.07) is 1.97. The number of hydrogen-bond acceptors (Lipinski definition) is 5. The summed E-state index contributed by atoms with van der Waals surface area (Å²) < 4.78 is 1.97. The van der Waals surface area contributed by atoms with Gasteiger partial charge in [-0.2, -0.15) is 9.61 Å². The largest absolute Gasteiger partial charge is 0.354 e. The van der Waals surface area contributed by atoms with Crippen LogP contribution in [0.4, 0.5) is 5.82 Å². The van der Waals surface area contributed by atoms with E-state index in [9.17, 15) is 4.79 Å². The van der Waals surface area contributed by atoms with Crippen LogP contribution in [0, 0.1) is 17.8 Å². The number of likely N-dealkylation sites (tertiary alicyclic amines) is 1. The number of fused-ring (bicyclic) bond motifs is 2. The molecule has 0 bridgehead atoms. The molecule has 7 heteroatoms. The molecule has 5 rings (SSSR count). The molecule has 0 unspecified atom stereocenters. The van der Waals surface area contributed by atoms with E-state index in [4.69, 9.17) is 4.98 Å². The summed E-state index contributed by atoms with van der Waals surface area (Å²) in [4.78, 5) is 22.4. The Kier molecular flexibility index (Phi) is 4.50. The van der Waals surface area contributed by atoms with Gasteiger partial charge >= 0.3 is 0 Å². The Morgan fingerprint density at radius 2 is 1.86 bits per heavy atom. The van der Waals surface area contributed by atoms with E-state index in [0.717, 1.165) is 63.6 Å². The molecule has 2 saturated heterocycles. The fourth-order valence-corrected chi connectivity index (χ4v) is 5.25. The van der Waals surface area contributed by atoms with Crippen LogP contribution in [0.2, 0.25) is 0 Å². The highest BCUT2D eigenvalue weighted by atomic mass is 16.2. The maximum atomic E-state index is 13.1. The molecule has 150 valence electrons. The van der Waals surface area contributed by atoms with Crippen molar-refractivity contribution in [3.63, 3.8) is 0 Å². The minimum absolute atomic E-state index is 0.107. The van der Waals surface area contributed by atoms with Gasteiger partial charge in [0.25, 0.3) is 0 Å². The summed E-state index contributed by atoms with van der Waals surface area (Å²) in [5.74, 6) is 2.81. The molecule has 0 aliphatic carbocycles. The highest BCUT2D eigenvalue weighted by Gasteiger charge is 2.39. The highest BCUT2D eigenvalue weighted by molar-refractivity contribution is 5.82. The van der Waals surface area contributed by atoms with Gasteiger partial charge in [0.2, 0.25) is 5.91 Å². The summed E-state index contributed by atoms with van der Waals surface area (Å²) in [6.07, 6.45) is 4.96. The molecule has 1 amide bonds. The number of rotatable bonds is 2. The first-order valence-electron chi connectivity index (χ1n) is 10.7. The highest BCUT2D eigenvalue weighted by Crippen LogP contribution is 2.33. The first-order chi connectivity index (χ1) is 13.6. The lowest BCUT2D eigenvalue weighted by atomic mass is 9.89. The molecule has 0 aromatic carbocycles. The van der Waals surface area contributed by atoms with Gasteiger partial charge in [-0.1, -0.05) is 13.8 Å². The zero-order valence-corrected chi connectivity index (χ0v) is 16.9. The third kappa shape index (κ3) is 3.05. The van der Waals surface area contributed by atoms with E-state index < -0.39 is 0 Å². The molecule has 2 atom stereocenters. The first kappa shape index (κ1) is 17.9. The predicted octanol–water partition coefficient (Wildman–Crippen LogP) is 1.36. The van der Waals surface area contributed by atoms with E-state index in [1.165, 1.54) is 17.7 Å². The van der Waals surface area contributed by atoms with Gasteiger partial charge < -0.3 is 15.1 Å². The number of carbonyl (C=O) groups excluding carboxylic acids is 1. The van der Waals surface area contributed by atoms with Crippen molar-refractivity contribution in [3.8, 4) is 0 Å². The summed E-state index contributed by atoms with van der Waals surface area (Å²) >= 11 is 0. The van der Waals surface area contributed by atoms with Gasteiger partial charge in [0.15, 0.2) is 5.65 Å². The summed E-state index contributed by atoms with van der Waals surface area (Å²) in [6.45, 7) is 9.87. The van der Waals surface area contributed by atoms with Crippen LogP contribution >= 0.6 is 0 Å². The fourth-order valence-electron chi connectivity index (χ4n) is 5.25. The fraction of sp³-hybridized carbons (Fsp3) is 0.667. The monoisotopic (exact) mass is 382 g/mol. The quantitative estimate of drug-likeness (QED) is 0.850. The minimum Gasteiger partial charge on any atom is -0.354 e. The Hall–Kier alpha value is -2.15. The first-order valence-corrected chi connectivity index (χ1v) is 10.7. The van der Waals surface area contributed by atoms with Gasteiger partial charge in [-0.05, 0) is 31.2 Å². The molecule has 2 aromatic heterocycles. The number of anilines is 1. The van der Waals surface area contributed by atoms with Gasteiger partial charge in [-0.15, -0.1) is 0 Å². The van der Waals surface area contributed by atoms with E-state index in [-0.39, 0.29) is 5.92 Å². The van der Waals surface area contributed by atoms with Crippen LogP contribution in [0.25, 0.3) is 5.65 Å². The van der Waals surface area contributed by atoms with Crippen molar-refractivity contribution in [3.05, 3.63) is 23.5 Å². The van der Waals surface area contributed by atoms with Crippen molar-refractivity contribution in [2.45, 2.75) is 33.1 Å². The average molecular weight is 383 g/mol. The van der Waals surface area contributed by atoms with Crippen LogP contribution in [0.5, 0.6) is 0 Å².